The summed E-state index contributed by atoms with van der Waals surface area (Å²) in [5.74, 6) is 1.77. The molecule has 0 aromatic heterocycles. The Balaban J connectivity index is 2.36. The standard InChI is InChI=1S/C15H16O2/c1-3-4-10-17-15-7-5-6-12-11-13(16-2)8-9-14(12)15/h3-9,11H,10H2,1-2H3/b4-3+. The third kappa shape index (κ3) is 2.59. The van der Waals surface area contributed by atoms with Crippen molar-refractivity contribution in [3.8, 4) is 11.5 Å². The van der Waals surface area contributed by atoms with Crippen LogP contribution in [0, 0.1) is 0 Å². The second kappa shape index (κ2) is 5.39. The van der Waals surface area contributed by atoms with Crippen molar-refractivity contribution in [3.05, 3.63) is 48.6 Å². The summed E-state index contributed by atoms with van der Waals surface area (Å²) in [6.45, 7) is 2.58. The molecule has 2 aromatic rings. The summed E-state index contributed by atoms with van der Waals surface area (Å²) in [6.07, 6.45) is 3.97. The van der Waals surface area contributed by atoms with Crippen molar-refractivity contribution in [1.82, 2.24) is 0 Å². The van der Waals surface area contributed by atoms with Crippen LogP contribution in [0.1, 0.15) is 6.92 Å². The van der Waals surface area contributed by atoms with Crippen LogP contribution < -0.4 is 9.47 Å². The molecule has 0 aliphatic carbocycles. The highest BCUT2D eigenvalue weighted by molar-refractivity contribution is 5.89. The minimum absolute atomic E-state index is 0.599. The average Bonchev–Trinajstić information content (AvgIpc) is 2.38. The van der Waals surface area contributed by atoms with Crippen LogP contribution in [0.4, 0.5) is 0 Å². The van der Waals surface area contributed by atoms with Gasteiger partial charge in [0.15, 0.2) is 0 Å². The molecular formula is C15H16O2. The van der Waals surface area contributed by atoms with Gasteiger partial charge < -0.3 is 9.47 Å². The van der Waals surface area contributed by atoms with Crippen molar-refractivity contribution in [2.75, 3.05) is 13.7 Å². The van der Waals surface area contributed by atoms with Crippen LogP contribution in [0.25, 0.3) is 10.8 Å². The lowest BCUT2D eigenvalue weighted by Crippen LogP contribution is -1.94. The molecule has 88 valence electrons. The fourth-order valence-electron chi connectivity index (χ4n) is 1.72. The third-order valence-corrected chi connectivity index (χ3v) is 2.62. The highest BCUT2D eigenvalue weighted by Gasteiger charge is 2.02. The first-order chi connectivity index (χ1) is 8.35. The Labute approximate surface area is 101 Å². The van der Waals surface area contributed by atoms with Gasteiger partial charge in [0.2, 0.25) is 0 Å². The quantitative estimate of drug-likeness (QED) is 0.741. The molecule has 0 saturated heterocycles. The fraction of sp³-hybridized carbons (Fsp3) is 0.200. The fourth-order valence-corrected chi connectivity index (χ4v) is 1.72. The number of ether oxygens (including phenoxy) is 2. The molecule has 0 saturated carbocycles. The Bertz CT molecular complexity index is 529. The van der Waals surface area contributed by atoms with E-state index in [-0.39, 0.29) is 0 Å². The molecule has 2 rings (SSSR count). The molecule has 0 N–H and O–H groups in total. The zero-order valence-corrected chi connectivity index (χ0v) is 10.1. The summed E-state index contributed by atoms with van der Waals surface area (Å²) < 4.78 is 10.9. The Hall–Kier alpha value is -1.96. The summed E-state index contributed by atoms with van der Waals surface area (Å²) in [6, 6.07) is 12.0. The van der Waals surface area contributed by atoms with E-state index < -0.39 is 0 Å². The van der Waals surface area contributed by atoms with Gasteiger partial charge in [0.05, 0.1) is 7.11 Å². The molecule has 2 nitrogen and oxygen atoms in total. The van der Waals surface area contributed by atoms with Crippen LogP contribution in [-0.2, 0) is 0 Å². The number of benzene rings is 2. The first-order valence-corrected chi connectivity index (χ1v) is 5.66. The minimum atomic E-state index is 0.599. The first kappa shape index (κ1) is 11.5. The summed E-state index contributed by atoms with van der Waals surface area (Å²) >= 11 is 0. The van der Waals surface area contributed by atoms with Gasteiger partial charge in [-0.1, -0.05) is 24.3 Å². The topological polar surface area (TPSA) is 18.5 Å². The van der Waals surface area contributed by atoms with Gasteiger partial charge in [0.1, 0.15) is 18.1 Å². The van der Waals surface area contributed by atoms with Gasteiger partial charge in [-0.2, -0.15) is 0 Å². The van der Waals surface area contributed by atoms with Crippen molar-refractivity contribution >= 4 is 10.8 Å². The monoisotopic (exact) mass is 228 g/mol. The Kier molecular flexibility index (Phi) is 3.66. The summed E-state index contributed by atoms with van der Waals surface area (Å²) in [4.78, 5) is 0. The molecule has 2 aromatic carbocycles. The van der Waals surface area contributed by atoms with E-state index in [1.165, 1.54) is 0 Å². The van der Waals surface area contributed by atoms with Crippen molar-refractivity contribution in [1.29, 1.82) is 0 Å². The van der Waals surface area contributed by atoms with Gasteiger partial charge in [0, 0.05) is 5.39 Å². The first-order valence-electron chi connectivity index (χ1n) is 5.66. The Morgan fingerprint density at radius 2 is 2.06 bits per heavy atom. The second-order valence-corrected chi connectivity index (χ2v) is 3.72. The zero-order chi connectivity index (χ0) is 12.1. The van der Waals surface area contributed by atoms with Crippen molar-refractivity contribution in [2.24, 2.45) is 0 Å². The predicted molar refractivity (Wildman–Crippen MR) is 70.8 cm³/mol. The van der Waals surface area contributed by atoms with E-state index in [0.29, 0.717) is 6.61 Å². The molecule has 0 aliphatic heterocycles. The van der Waals surface area contributed by atoms with E-state index >= 15 is 0 Å². The largest absolute Gasteiger partial charge is 0.497 e. The molecule has 0 heterocycles. The molecule has 0 fully saturated rings. The predicted octanol–water partition coefficient (Wildman–Crippen LogP) is 3.80. The maximum absolute atomic E-state index is 5.71. The number of methoxy groups -OCH3 is 1. The Morgan fingerprint density at radius 1 is 1.18 bits per heavy atom. The van der Waals surface area contributed by atoms with Crippen LogP contribution in [0.15, 0.2) is 48.6 Å². The maximum atomic E-state index is 5.71. The van der Waals surface area contributed by atoms with E-state index in [1.54, 1.807) is 7.11 Å². The lowest BCUT2D eigenvalue weighted by molar-refractivity contribution is 0.367. The van der Waals surface area contributed by atoms with E-state index in [0.717, 1.165) is 22.3 Å². The van der Waals surface area contributed by atoms with Crippen molar-refractivity contribution in [2.45, 2.75) is 6.92 Å². The van der Waals surface area contributed by atoms with E-state index in [9.17, 15) is 0 Å². The van der Waals surface area contributed by atoms with Crippen molar-refractivity contribution < 1.29 is 9.47 Å². The summed E-state index contributed by atoms with van der Waals surface area (Å²) in [7, 11) is 1.67. The van der Waals surface area contributed by atoms with Gasteiger partial charge in [0.25, 0.3) is 0 Å². The van der Waals surface area contributed by atoms with Gasteiger partial charge in [-0.25, -0.2) is 0 Å². The lowest BCUT2D eigenvalue weighted by atomic mass is 10.1. The summed E-state index contributed by atoms with van der Waals surface area (Å²) in [5.41, 5.74) is 0. The van der Waals surface area contributed by atoms with E-state index in [4.69, 9.17) is 9.47 Å². The molecule has 0 atom stereocenters. The number of fused-ring (bicyclic) bond motifs is 1. The number of rotatable bonds is 4. The molecule has 0 bridgehead atoms. The van der Waals surface area contributed by atoms with Gasteiger partial charge in [-0.05, 0) is 36.6 Å². The minimum Gasteiger partial charge on any atom is -0.497 e. The normalized spacial score (nSPS) is 10.9. The van der Waals surface area contributed by atoms with E-state index in [1.807, 2.05) is 49.4 Å². The Morgan fingerprint density at radius 3 is 2.82 bits per heavy atom. The second-order valence-electron chi connectivity index (χ2n) is 3.72. The average molecular weight is 228 g/mol. The highest BCUT2D eigenvalue weighted by Crippen LogP contribution is 2.28. The number of hydrogen-bond donors (Lipinski definition) is 0. The van der Waals surface area contributed by atoms with E-state index in [2.05, 4.69) is 6.07 Å². The molecule has 0 unspecified atom stereocenters. The van der Waals surface area contributed by atoms with Crippen LogP contribution in [0.3, 0.4) is 0 Å². The maximum Gasteiger partial charge on any atom is 0.127 e. The SMILES string of the molecule is C/C=C/COc1cccc2cc(OC)ccc12. The lowest BCUT2D eigenvalue weighted by Gasteiger charge is -2.08. The third-order valence-electron chi connectivity index (χ3n) is 2.62. The molecule has 17 heavy (non-hydrogen) atoms. The number of hydrogen-bond acceptors (Lipinski definition) is 2. The van der Waals surface area contributed by atoms with Gasteiger partial charge in [-0.3, -0.25) is 0 Å². The summed E-state index contributed by atoms with van der Waals surface area (Å²) in [5, 5.41) is 2.24. The molecule has 0 radical (unpaired) electrons. The van der Waals surface area contributed by atoms with Crippen LogP contribution in [0.2, 0.25) is 0 Å². The zero-order valence-electron chi connectivity index (χ0n) is 10.1. The van der Waals surface area contributed by atoms with Crippen LogP contribution >= 0.6 is 0 Å². The van der Waals surface area contributed by atoms with Crippen LogP contribution in [-0.4, -0.2) is 13.7 Å². The molecular weight excluding hydrogens is 212 g/mol. The highest BCUT2D eigenvalue weighted by atomic mass is 16.5. The molecule has 0 aliphatic rings. The molecule has 0 spiro atoms. The van der Waals surface area contributed by atoms with Gasteiger partial charge in [-0.15, -0.1) is 0 Å². The number of allylic oxidation sites excluding steroid dienone is 1. The van der Waals surface area contributed by atoms with Gasteiger partial charge >= 0.3 is 0 Å². The molecule has 2 heteroatoms. The van der Waals surface area contributed by atoms with Crippen LogP contribution in [0.5, 0.6) is 11.5 Å². The van der Waals surface area contributed by atoms with Crippen molar-refractivity contribution in [3.63, 3.8) is 0 Å². The smallest absolute Gasteiger partial charge is 0.127 e. The molecule has 0 amide bonds.